The van der Waals surface area contributed by atoms with Crippen LogP contribution in [0.4, 0.5) is 0 Å². The molecule has 3 aromatic heterocycles. The molecule has 0 bridgehead atoms. The lowest BCUT2D eigenvalue weighted by Crippen LogP contribution is -1.91. The standard InChI is InChI=1S/C40H22O3/c1-3-12-26-24(10-1)35(30-16-9-19-34-37(30)28-14-5-7-17-32(28)42-34)25-11-2-4-13-27(25)36(26)31-22-23-20-21-41-39(23)38-29-15-6-8-18-33(29)43-40(31)38/h1-22H. The Hall–Kier alpha value is -5.80. The Morgan fingerprint density at radius 1 is 0.372 bits per heavy atom. The predicted molar refractivity (Wildman–Crippen MR) is 177 cm³/mol. The van der Waals surface area contributed by atoms with E-state index < -0.39 is 0 Å². The van der Waals surface area contributed by atoms with E-state index in [-0.39, 0.29) is 0 Å². The summed E-state index contributed by atoms with van der Waals surface area (Å²) in [5, 5.41) is 10.1. The fraction of sp³-hybridized carbons (Fsp3) is 0. The van der Waals surface area contributed by atoms with Gasteiger partial charge in [0.05, 0.1) is 11.6 Å². The van der Waals surface area contributed by atoms with Crippen LogP contribution < -0.4 is 0 Å². The molecule has 0 saturated heterocycles. The van der Waals surface area contributed by atoms with Gasteiger partial charge in [0, 0.05) is 32.7 Å². The van der Waals surface area contributed by atoms with Gasteiger partial charge in [-0.1, -0.05) is 97.1 Å². The van der Waals surface area contributed by atoms with Crippen molar-refractivity contribution in [2.45, 2.75) is 0 Å². The maximum atomic E-state index is 6.65. The Morgan fingerprint density at radius 3 is 1.58 bits per heavy atom. The quantitative estimate of drug-likeness (QED) is 0.201. The molecule has 0 aliphatic carbocycles. The molecule has 0 aliphatic rings. The molecule has 0 amide bonds. The molecule has 3 heteroatoms. The molecule has 0 N–H and O–H groups in total. The second-order valence-electron chi connectivity index (χ2n) is 11.2. The second-order valence-corrected chi connectivity index (χ2v) is 11.2. The van der Waals surface area contributed by atoms with Crippen LogP contribution in [-0.2, 0) is 0 Å². The average Bonchev–Trinajstić information content (AvgIpc) is 3.78. The first-order chi connectivity index (χ1) is 21.3. The number of hydrogen-bond acceptors (Lipinski definition) is 3. The minimum Gasteiger partial charge on any atom is -0.464 e. The summed E-state index contributed by atoms with van der Waals surface area (Å²) in [6.45, 7) is 0. The number of rotatable bonds is 2. The Labute approximate surface area is 245 Å². The molecule has 0 radical (unpaired) electrons. The topological polar surface area (TPSA) is 39.4 Å². The number of para-hydroxylation sites is 2. The van der Waals surface area contributed by atoms with Gasteiger partial charge in [-0.3, -0.25) is 0 Å². The fourth-order valence-corrected chi connectivity index (χ4v) is 7.20. The third kappa shape index (κ3) is 3.03. The SMILES string of the molecule is c1ccc2c(c1)oc1cccc(-c3c4ccccc4c(-c4cc5ccoc5c5c4oc4ccccc45)c4ccccc34)c12. The van der Waals surface area contributed by atoms with Crippen LogP contribution in [0, 0.1) is 0 Å². The summed E-state index contributed by atoms with van der Waals surface area (Å²) in [7, 11) is 0. The lowest BCUT2D eigenvalue weighted by molar-refractivity contribution is 0.618. The van der Waals surface area contributed by atoms with Gasteiger partial charge in [-0.05, 0) is 63.0 Å². The molecule has 0 spiro atoms. The summed E-state index contributed by atoms with van der Waals surface area (Å²) in [4.78, 5) is 0. The van der Waals surface area contributed by atoms with Crippen molar-refractivity contribution in [2.75, 3.05) is 0 Å². The van der Waals surface area contributed by atoms with Crippen molar-refractivity contribution in [3.8, 4) is 22.3 Å². The molecule has 0 fully saturated rings. The van der Waals surface area contributed by atoms with Crippen LogP contribution in [0.3, 0.4) is 0 Å². The van der Waals surface area contributed by atoms with E-state index in [9.17, 15) is 0 Å². The summed E-state index contributed by atoms with van der Waals surface area (Å²) in [5.41, 5.74) is 8.94. The van der Waals surface area contributed by atoms with Gasteiger partial charge in [0.25, 0.3) is 0 Å². The fourth-order valence-electron chi connectivity index (χ4n) is 7.20. The van der Waals surface area contributed by atoms with E-state index in [0.717, 1.165) is 66.0 Å². The first-order valence-corrected chi connectivity index (χ1v) is 14.5. The number of hydrogen-bond donors (Lipinski definition) is 0. The second kappa shape index (κ2) is 8.37. The van der Waals surface area contributed by atoms with Gasteiger partial charge in [0.2, 0.25) is 0 Å². The van der Waals surface area contributed by atoms with E-state index >= 15 is 0 Å². The maximum Gasteiger partial charge on any atom is 0.147 e. The van der Waals surface area contributed by atoms with E-state index in [1.807, 2.05) is 30.3 Å². The van der Waals surface area contributed by atoms with E-state index in [1.165, 1.54) is 32.7 Å². The van der Waals surface area contributed by atoms with E-state index in [0.29, 0.717) is 0 Å². The Kier molecular flexibility index (Phi) is 4.45. The molecule has 0 unspecified atom stereocenters. The zero-order chi connectivity index (χ0) is 28.1. The van der Waals surface area contributed by atoms with Crippen LogP contribution in [0.5, 0.6) is 0 Å². The highest BCUT2D eigenvalue weighted by molar-refractivity contribution is 6.29. The van der Waals surface area contributed by atoms with Gasteiger partial charge in [0.1, 0.15) is 27.9 Å². The molecule has 0 atom stereocenters. The van der Waals surface area contributed by atoms with Gasteiger partial charge >= 0.3 is 0 Å². The first kappa shape index (κ1) is 22.8. The van der Waals surface area contributed by atoms with Crippen molar-refractivity contribution in [1.29, 1.82) is 0 Å². The largest absolute Gasteiger partial charge is 0.464 e. The van der Waals surface area contributed by atoms with Crippen LogP contribution in [-0.4, -0.2) is 0 Å². The zero-order valence-electron chi connectivity index (χ0n) is 22.9. The van der Waals surface area contributed by atoms with Crippen LogP contribution >= 0.6 is 0 Å². The Morgan fingerprint density at radius 2 is 0.907 bits per heavy atom. The van der Waals surface area contributed by atoms with Crippen LogP contribution in [0.25, 0.3) is 98.6 Å². The minimum atomic E-state index is 0.842. The highest BCUT2D eigenvalue weighted by Crippen LogP contribution is 2.49. The van der Waals surface area contributed by atoms with Crippen LogP contribution in [0.2, 0.25) is 0 Å². The molecule has 10 rings (SSSR count). The monoisotopic (exact) mass is 550 g/mol. The predicted octanol–water partition coefficient (Wildman–Crippen LogP) is 11.9. The average molecular weight is 551 g/mol. The third-order valence-electron chi connectivity index (χ3n) is 8.94. The molecule has 10 aromatic rings. The van der Waals surface area contributed by atoms with Crippen molar-refractivity contribution in [3.63, 3.8) is 0 Å². The Balaban J connectivity index is 1.41. The van der Waals surface area contributed by atoms with Gasteiger partial charge in [-0.2, -0.15) is 0 Å². The molecule has 3 nitrogen and oxygen atoms in total. The smallest absolute Gasteiger partial charge is 0.147 e. The highest BCUT2D eigenvalue weighted by atomic mass is 16.3. The summed E-state index contributed by atoms with van der Waals surface area (Å²) in [6, 6.07) is 44.7. The number of furan rings is 3. The summed E-state index contributed by atoms with van der Waals surface area (Å²) in [5.74, 6) is 0. The minimum absolute atomic E-state index is 0.842. The van der Waals surface area contributed by atoms with Gasteiger partial charge in [0.15, 0.2) is 0 Å². The lowest BCUT2D eigenvalue weighted by atomic mass is 9.84. The normalized spacial score (nSPS) is 12.2. The highest BCUT2D eigenvalue weighted by Gasteiger charge is 2.24. The molecule has 200 valence electrons. The van der Waals surface area contributed by atoms with E-state index in [1.54, 1.807) is 6.26 Å². The molecular weight excluding hydrogens is 528 g/mol. The molecule has 7 aromatic carbocycles. The summed E-state index contributed by atoms with van der Waals surface area (Å²) >= 11 is 0. The number of fused-ring (bicyclic) bond motifs is 10. The van der Waals surface area contributed by atoms with Crippen molar-refractivity contribution in [2.24, 2.45) is 0 Å². The van der Waals surface area contributed by atoms with Crippen molar-refractivity contribution in [3.05, 3.63) is 134 Å². The molecule has 43 heavy (non-hydrogen) atoms. The summed E-state index contributed by atoms with van der Waals surface area (Å²) < 4.78 is 19.0. The van der Waals surface area contributed by atoms with Gasteiger partial charge < -0.3 is 13.3 Å². The summed E-state index contributed by atoms with van der Waals surface area (Å²) in [6.07, 6.45) is 1.77. The van der Waals surface area contributed by atoms with Gasteiger partial charge in [-0.25, -0.2) is 0 Å². The third-order valence-corrected chi connectivity index (χ3v) is 8.94. The van der Waals surface area contributed by atoms with Crippen molar-refractivity contribution < 1.29 is 13.3 Å². The lowest BCUT2D eigenvalue weighted by Gasteiger charge is -2.18. The molecule has 0 saturated carbocycles. The van der Waals surface area contributed by atoms with Gasteiger partial charge in [-0.15, -0.1) is 0 Å². The molecular formula is C40H22O3. The van der Waals surface area contributed by atoms with Crippen LogP contribution in [0.15, 0.2) is 147 Å². The molecule has 3 heterocycles. The first-order valence-electron chi connectivity index (χ1n) is 14.5. The maximum absolute atomic E-state index is 6.65. The Bertz CT molecular complexity index is 2680. The number of benzene rings is 7. The van der Waals surface area contributed by atoms with Crippen molar-refractivity contribution >= 4 is 76.4 Å². The zero-order valence-corrected chi connectivity index (χ0v) is 22.9. The van der Waals surface area contributed by atoms with Crippen LogP contribution in [0.1, 0.15) is 0 Å². The molecule has 0 aliphatic heterocycles. The van der Waals surface area contributed by atoms with E-state index in [4.69, 9.17) is 13.3 Å². The van der Waals surface area contributed by atoms with Crippen molar-refractivity contribution in [1.82, 2.24) is 0 Å². The van der Waals surface area contributed by atoms with E-state index in [2.05, 4.69) is 97.1 Å².